The fourth-order valence-corrected chi connectivity index (χ4v) is 3.92. The third-order valence-corrected chi connectivity index (χ3v) is 5.63. The molecule has 0 saturated heterocycles. The zero-order valence-corrected chi connectivity index (χ0v) is 14.5. The van der Waals surface area contributed by atoms with Crippen LogP contribution in [-0.2, 0) is 11.8 Å². The van der Waals surface area contributed by atoms with Crippen molar-refractivity contribution in [1.82, 2.24) is 14.9 Å². The topological polar surface area (TPSA) is 64.0 Å². The summed E-state index contributed by atoms with van der Waals surface area (Å²) in [4.78, 5) is 30.7. The molecule has 0 aliphatic rings. The summed E-state index contributed by atoms with van der Waals surface area (Å²) in [5, 5.41) is 3.44. The summed E-state index contributed by atoms with van der Waals surface area (Å²) in [6.07, 6.45) is 5.12. The van der Waals surface area contributed by atoms with Crippen molar-refractivity contribution in [1.29, 1.82) is 0 Å². The number of hydrogen-bond donors (Lipinski definition) is 1. The summed E-state index contributed by atoms with van der Waals surface area (Å²) >= 11 is 2.75. The zero-order chi connectivity index (χ0) is 16.4. The summed E-state index contributed by atoms with van der Waals surface area (Å²) in [6, 6.07) is 0. The highest BCUT2D eigenvalue weighted by Crippen LogP contribution is 2.29. The Morgan fingerprint density at radius 1 is 1.55 bits per heavy atom. The Kier molecular flexibility index (Phi) is 4.94. The molecule has 0 saturated carbocycles. The Labute approximate surface area is 137 Å². The highest BCUT2D eigenvalue weighted by Gasteiger charge is 2.19. The van der Waals surface area contributed by atoms with Crippen molar-refractivity contribution in [3.63, 3.8) is 0 Å². The van der Waals surface area contributed by atoms with Crippen molar-refractivity contribution in [3.05, 3.63) is 20.8 Å². The average Bonchev–Trinajstić information content (AvgIpc) is 2.76. The molecule has 1 N–H and O–H groups in total. The number of carbonyl (C=O) groups is 1. The van der Waals surface area contributed by atoms with Crippen molar-refractivity contribution in [2.75, 3.05) is 6.54 Å². The molecule has 0 fully saturated rings. The molecular formula is C15H17N3O2S2. The van der Waals surface area contributed by atoms with Gasteiger partial charge < -0.3 is 5.32 Å². The number of terminal acetylenes is 1. The number of aromatic nitrogens is 2. The molecule has 1 unspecified atom stereocenters. The van der Waals surface area contributed by atoms with Gasteiger partial charge >= 0.3 is 0 Å². The Morgan fingerprint density at radius 3 is 2.86 bits per heavy atom. The third kappa shape index (κ3) is 3.03. The van der Waals surface area contributed by atoms with E-state index in [1.165, 1.54) is 27.7 Å². The Morgan fingerprint density at radius 2 is 2.23 bits per heavy atom. The number of hydrogen-bond acceptors (Lipinski definition) is 5. The Bertz CT molecular complexity index is 830. The van der Waals surface area contributed by atoms with Gasteiger partial charge in [-0.3, -0.25) is 14.2 Å². The minimum Gasteiger partial charge on any atom is -0.344 e. The number of aryl methyl sites for hydroxylation is 2. The van der Waals surface area contributed by atoms with Crippen LogP contribution in [0.4, 0.5) is 0 Å². The predicted octanol–water partition coefficient (Wildman–Crippen LogP) is 1.84. The zero-order valence-electron chi connectivity index (χ0n) is 12.9. The van der Waals surface area contributed by atoms with Gasteiger partial charge in [0.15, 0.2) is 5.16 Å². The van der Waals surface area contributed by atoms with E-state index in [1.54, 1.807) is 14.0 Å². The summed E-state index contributed by atoms with van der Waals surface area (Å²) in [7, 11) is 1.68. The van der Waals surface area contributed by atoms with E-state index in [2.05, 4.69) is 16.2 Å². The first-order valence-electron chi connectivity index (χ1n) is 6.71. The van der Waals surface area contributed by atoms with Crippen LogP contribution in [0.1, 0.15) is 17.4 Å². The van der Waals surface area contributed by atoms with Crippen molar-refractivity contribution in [2.24, 2.45) is 7.05 Å². The molecule has 0 spiro atoms. The van der Waals surface area contributed by atoms with Gasteiger partial charge in [-0.2, -0.15) is 0 Å². The van der Waals surface area contributed by atoms with Gasteiger partial charge in [-0.25, -0.2) is 4.98 Å². The molecule has 0 aliphatic carbocycles. The molecular weight excluding hydrogens is 318 g/mol. The molecule has 2 aromatic heterocycles. The lowest BCUT2D eigenvalue weighted by molar-refractivity contribution is -0.120. The normalized spacial score (nSPS) is 12.1. The first-order chi connectivity index (χ1) is 10.4. The van der Waals surface area contributed by atoms with Crippen LogP contribution in [0.5, 0.6) is 0 Å². The van der Waals surface area contributed by atoms with Crippen LogP contribution in [0.3, 0.4) is 0 Å². The number of amides is 1. The van der Waals surface area contributed by atoms with Gasteiger partial charge in [0.05, 0.1) is 17.2 Å². The maximum Gasteiger partial charge on any atom is 0.262 e. The molecule has 7 heteroatoms. The Balaban J connectivity index is 2.37. The van der Waals surface area contributed by atoms with E-state index in [-0.39, 0.29) is 23.3 Å². The maximum absolute atomic E-state index is 12.5. The average molecular weight is 335 g/mol. The van der Waals surface area contributed by atoms with Crippen molar-refractivity contribution < 1.29 is 4.79 Å². The Hall–Kier alpha value is -1.78. The van der Waals surface area contributed by atoms with Gasteiger partial charge in [0.25, 0.3) is 5.56 Å². The van der Waals surface area contributed by atoms with Gasteiger partial charge in [0.2, 0.25) is 5.91 Å². The maximum atomic E-state index is 12.5. The molecule has 0 bridgehead atoms. The van der Waals surface area contributed by atoms with Crippen LogP contribution < -0.4 is 10.9 Å². The summed E-state index contributed by atoms with van der Waals surface area (Å²) in [5.41, 5.74) is 0.898. The second-order valence-electron chi connectivity index (χ2n) is 4.90. The molecule has 0 radical (unpaired) electrons. The smallest absolute Gasteiger partial charge is 0.262 e. The quantitative estimate of drug-likeness (QED) is 0.526. The van der Waals surface area contributed by atoms with E-state index >= 15 is 0 Å². The minimum atomic E-state index is -0.383. The lowest BCUT2D eigenvalue weighted by Gasteiger charge is -2.12. The number of nitrogens with zero attached hydrogens (tertiary/aromatic N) is 2. The number of thiophene rings is 1. The lowest BCUT2D eigenvalue weighted by atomic mass is 10.2. The number of rotatable bonds is 4. The number of fused-ring (bicyclic) bond motifs is 1. The van der Waals surface area contributed by atoms with Gasteiger partial charge in [-0.15, -0.1) is 17.8 Å². The third-order valence-electron chi connectivity index (χ3n) is 3.39. The van der Waals surface area contributed by atoms with E-state index in [9.17, 15) is 9.59 Å². The molecule has 2 heterocycles. The summed E-state index contributed by atoms with van der Waals surface area (Å²) in [6.45, 7) is 5.86. The summed E-state index contributed by atoms with van der Waals surface area (Å²) in [5.74, 6) is 2.19. The van der Waals surface area contributed by atoms with Gasteiger partial charge in [-0.05, 0) is 26.3 Å². The second kappa shape index (κ2) is 6.55. The van der Waals surface area contributed by atoms with Crippen LogP contribution in [0.15, 0.2) is 9.95 Å². The fourth-order valence-electron chi connectivity index (χ4n) is 1.95. The standard InChI is InChI=1S/C15H17N3O2S2/c1-6-7-16-12(19)10(4)22-15-17-13-11(14(20)18(15)5)8(2)9(3)21-13/h1,10H,7H2,2-5H3,(H,16,19). The van der Waals surface area contributed by atoms with Gasteiger partial charge in [0, 0.05) is 11.9 Å². The van der Waals surface area contributed by atoms with E-state index in [1.807, 2.05) is 13.8 Å². The molecule has 1 atom stereocenters. The second-order valence-corrected chi connectivity index (χ2v) is 7.42. The van der Waals surface area contributed by atoms with E-state index < -0.39 is 0 Å². The largest absolute Gasteiger partial charge is 0.344 e. The van der Waals surface area contributed by atoms with E-state index in [0.717, 1.165) is 15.3 Å². The van der Waals surface area contributed by atoms with Crippen molar-refractivity contribution >= 4 is 39.2 Å². The van der Waals surface area contributed by atoms with Crippen molar-refractivity contribution in [3.8, 4) is 12.3 Å². The predicted molar refractivity (Wildman–Crippen MR) is 91.5 cm³/mol. The van der Waals surface area contributed by atoms with Crippen LogP contribution in [0.25, 0.3) is 10.2 Å². The monoisotopic (exact) mass is 335 g/mol. The number of nitrogens with one attached hydrogen (secondary N) is 1. The van der Waals surface area contributed by atoms with Crippen LogP contribution >= 0.6 is 23.1 Å². The first kappa shape index (κ1) is 16.6. The summed E-state index contributed by atoms with van der Waals surface area (Å²) < 4.78 is 1.50. The van der Waals surface area contributed by atoms with E-state index in [4.69, 9.17) is 6.42 Å². The van der Waals surface area contributed by atoms with Crippen LogP contribution in [0.2, 0.25) is 0 Å². The highest BCUT2D eigenvalue weighted by atomic mass is 32.2. The molecule has 116 valence electrons. The van der Waals surface area contributed by atoms with Crippen LogP contribution in [0, 0.1) is 26.2 Å². The lowest BCUT2D eigenvalue weighted by Crippen LogP contribution is -2.32. The molecule has 1 amide bonds. The molecule has 5 nitrogen and oxygen atoms in total. The van der Waals surface area contributed by atoms with Crippen molar-refractivity contribution in [2.45, 2.75) is 31.2 Å². The number of thioether (sulfide) groups is 1. The fraction of sp³-hybridized carbons (Fsp3) is 0.400. The SMILES string of the molecule is C#CCNC(=O)C(C)Sc1nc2sc(C)c(C)c2c(=O)n1C. The molecule has 0 aromatic carbocycles. The van der Waals surface area contributed by atoms with E-state index in [0.29, 0.717) is 10.5 Å². The van der Waals surface area contributed by atoms with Crippen LogP contribution in [-0.4, -0.2) is 27.3 Å². The minimum absolute atomic E-state index is 0.0782. The first-order valence-corrected chi connectivity index (χ1v) is 8.41. The molecule has 2 rings (SSSR count). The van der Waals surface area contributed by atoms with Gasteiger partial charge in [0.1, 0.15) is 4.83 Å². The molecule has 0 aliphatic heterocycles. The molecule has 2 aromatic rings. The van der Waals surface area contributed by atoms with Gasteiger partial charge in [-0.1, -0.05) is 17.7 Å². The highest BCUT2D eigenvalue weighted by molar-refractivity contribution is 8.00. The molecule has 22 heavy (non-hydrogen) atoms. The number of carbonyl (C=O) groups excluding carboxylic acids is 1.